The molecule has 12 heteroatoms. The number of amides is 1. The van der Waals surface area contributed by atoms with E-state index in [-0.39, 0.29) is 22.3 Å². The number of thiocarbonyl (C=S) groups is 1. The van der Waals surface area contributed by atoms with Gasteiger partial charge in [-0.15, -0.1) is 0 Å². The molecule has 1 heterocycles. The highest BCUT2D eigenvalue weighted by molar-refractivity contribution is 7.89. The third-order valence-electron chi connectivity index (χ3n) is 4.49. The van der Waals surface area contributed by atoms with Crippen molar-refractivity contribution in [3.8, 4) is 5.75 Å². The number of non-ortho nitro benzene ring substituents is 1. The number of ether oxygens (including phenoxy) is 1. The molecule has 0 aromatic heterocycles. The van der Waals surface area contributed by atoms with E-state index in [1.54, 1.807) is 12.1 Å². The van der Waals surface area contributed by atoms with E-state index in [9.17, 15) is 23.3 Å². The highest BCUT2D eigenvalue weighted by Gasteiger charge is 2.26. The van der Waals surface area contributed by atoms with Crippen LogP contribution in [-0.4, -0.2) is 48.4 Å². The van der Waals surface area contributed by atoms with Gasteiger partial charge in [0.15, 0.2) is 11.7 Å². The van der Waals surface area contributed by atoms with Gasteiger partial charge in [0.05, 0.1) is 9.82 Å². The van der Waals surface area contributed by atoms with Crippen LogP contribution < -0.4 is 15.4 Å². The Morgan fingerprint density at radius 2 is 1.71 bits per heavy atom. The first kappa shape index (κ1) is 22.6. The molecule has 1 saturated heterocycles. The van der Waals surface area contributed by atoms with Crippen molar-refractivity contribution in [3.63, 3.8) is 0 Å². The van der Waals surface area contributed by atoms with Crippen molar-refractivity contribution in [3.05, 3.63) is 58.6 Å². The molecule has 2 aromatic carbocycles. The number of benzene rings is 2. The topological polar surface area (TPSA) is 131 Å². The van der Waals surface area contributed by atoms with Gasteiger partial charge in [-0.1, -0.05) is 0 Å². The van der Waals surface area contributed by atoms with Crippen LogP contribution in [0.1, 0.15) is 12.8 Å². The molecular formula is C19H20N4O6S2. The second-order valence-electron chi connectivity index (χ2n) is 6.68. The highest BCUT2D eigenvalue weighted by atomic mass is 32.2. The molecule has 1 amide bonds. The third kappa shape index (κ3) is 5.96. The third-order valence-corrected chi connectivity index (χ3v) is 6.60. The van der Waals surface area contributed by atoms with E-state index >= 15 is 0 Å². The number of nitrogens with one attached hydrogen (secondary N) is 2. The fourth-order valence-corrected chi connectivity index (χ4v) is 4.67. The SMILES string of the molecule is O=C(COc1ccc([N+](=O)[O-])cc1)NC(=S)Nc1ccc(S(=O)(=O)N2CCCC2)cc1. The van der Waals surface area contributed by atoms with Crippen LogP contribution in [0.3, 0.4) is 0 Å². The van der Waals surface area contributed by atoms with Gasteiger partial charge in [0.2, 0.25) is 10.0 Å². The summed E-state index contributed by atoms with van der Waals surface area (Å²) in [6, 6.07) is 11.4. The summed E-state index contributed by atoms with van der Waals surface area (Å²) < 4.78 is 31.8. The van der Waals surface area contributed by atoms with Crippen molar-refractivity contribution < 1.29 is 22.9 Å². The average molecular weight is 465 g/mol. The Bertz CT molecular complexity index is 1070. The Hall–Kier alpha value is -3.09. The number of nitro benzene ring substituents is 1. The van der Waals surface area contributed by atoms with Crippen molar-refractivity contribution in [2.24, 2.45) is 0 Å². The van der Waals surface area contributed by atoms with Crippen molar-refractivity contribution >= 4 is 44.6 Å². The van der Waals surface area contributed by atoms with Gasteiger partial charge in [0.1, 0.15) is 5.75 Å². The van der Waals surface area contributed by atoms with Crippen LogP contribution in [-0.2, 0) is 14.8 Å². The van der Waals surface area contributed by atoms with E-state index in [0.29, 0.717) is 24.5 Å². The molecule has 0 spiro atoms. The van der Waals surface area contributed by atoms with Crippen molar-refractivity contribution in [1.29, 1.82) is 0 Å². The first-order chi connectivity index (χ1) is 14.8. The lowest BCUT2D eigenvalue weighted by atomic mass is 10.3. The molecule has 1 aliphatic rings. The second-order valence-corrected chi connectivity index (χ2v) is 9.02. The molecule has 1 fully saturated rings. The lowest BCUT2D eigenvalue weighted by Crippen LogP contribution is -2.37. The first-order valence-electron chi connectivity index (χ1n) is 9.34. The number of carbonyl (C=O) groups is 1. The number of sulfonamides is 1. The molecule has 2 aromatic rings. The zero-order valence-corrected chi connectivity index (χ0v) is 17.9. The normalized spacial score (nSPS) is 14.1. The molecule has 10 nitrogen and oxygen atoms in total. The number of anilines is 1. The van der Waals surface area contributed by atoms with Gasteiger partial charge >= 0.3 is 0 Å². The minimum atomic E-state index is -3.50. The standard InChI is InChI=1S/C19H20N4O6S2/c24-18(13-29-16-7-5-15(6-8-16)23(25)26)21-19(30)20-14-3-9-17(10-4-14)31(27,28)22-11-1-2-12-22/h3-10H,1-2,11-13H2,(H2,20,21,24,30). The van der Waals surface area contributed by atoms with Gasteiger partial charge in [0.25, 0.3) is 11.6 Å². The average Bonchev–Trinajstić information content (AvgIpc) is 3.29. The number of nitro groups is 1. The predicted octanol–water partition coefficient (Wildman–Crippen LogP) is 2.27. The molecule has 0 bridgehead atoms. The Labute approximate surface area is 184 Å². The molecule has 0 saturated carbocycles. The summed E-state index contributed by atoms with van der Waals surface area (Å²) in [4.78, 5) is 22.3. The maximum absolute atomic E-state index is 12.5. The summed E-state index contributed by atoms with van der Waals surface area (Å²) in [5, 5.41) is 15.9. The zero-order chi connectivity index (χ0) is 22.4. The van der Waals surface area contributed by atoms with Crippen LogP contribution in [0, 0.1) is 10.1 Å². The van der Waals surface area contributed by atoms with E-state index in [1.807, 2.05) is 0 Å². The monoisotopic (exact) mass is 464 g/mol. The quantitative estimate of drug-likeness (QED) is 0.362. The molecule has 0 radical (unpaired) electrons. The van der Waals surface area contributed by atoms with E-state index < -0.39 is 20.9 Å². The molecular weight excluding hydrogens is 444 g/mol. The van der Waals surface area contributed by atoms with Gasteiger partial charge in [-0.2, -0.15) is 4.31 Å². The van der Waals surface area contributed by atoms with E-state index in [4.69, 9.17) is 17.0 Å². The molecule has 31 heavy (non-hydrogen) atoms. The Kier molecular flexibility index (Phi) is 7.15. The molecule has 0 aliphatic carbocycles. The lowest BCUT2D eigenvalue weighted by molar-refractivity contribution is -0.384. The van der Waals surface area contributed by atoms with Gasteiger partial charge in [-0.25, -0.2) is 8.42 Å². The number of nitrogens with zero attached hydrogens (tertiary/aromatic N) is 2. The maximum atomic E-state index is 12.5. The summed E-state index contributed by atoms with van der Waals surface area (Å²) in [6.45, 7) is 0.716. The minimum Gasteiger partial charge on any atom is -0.484 e. The van der Waals surface area contributed by atoms with E-state index in [1.165, 1.54) is 40.7 Å². The highest BCUT2D eigenvalue weighted by Crippen LogP contribution is 2.22. The second kappa shape index (κ2) is 9.81. The molecule has 3 rings (SSSR count). The van der Waals surface area contributed by atoms with Gasteiger partial charge < -0.3 is 10.1 Å². The largest absolute Gasteiger partial charge is 0.484 e. The summed E-state index contributed by atoms with van der Waals surface area (Å²) in [7, 11) is -3.50. The fraction of sp³-hybridized carbons (Fsp3) is 0.263. The number of carbonyl (C=O) groups excluding carboxylic acids is 1. The van der Waals surface area contributed by atoms with Crippen LogP contribution in [0.15, 0.2) is 53.4 Å². The van der Waals surface area contributed by atoms with Crippen LogP contribution in [0.5, 0.6) is 5.75 Å². The van der Waals surface area contributed by atoms with Crippen LogP contribution in [0.4, 0.5) is 11.4 Å². The molecule has 0 unspecified atom stereocenters. The van der Waals surface area contributed by atoms with E-state index in [2.05, 4.69) is 10.6 Å². The molecule has 164 valence electrons. The maximum Gasteiger partial charge on any atom is 0.269 e. The molecule has 2 N–H and O–H groups in total. The van der Waals surface area contributed by atoms with Crippen LogP contribution in [0.2, 0.25) is 0 Å². The van der Waals surface area contributed by atoms with E-state index in [0.717, 1.165) is 12.8 Å². The van der Waals surface area contributed by atoms with Crippen molar-refractivity contribution in [1.82, 2.24) is 9.62 Å². The Morgan fingerprint density at radius 1 is 1.10 bits per heavy atom. The van der Waals surface area contributed by atoms with Crippen LogP contribution >= 0.6 is 12.2 Å². The fourth-order valence-electron chi connectivity index (χ4n) is 2.93. The number of rotatable bonds is 7. The Balaban J connectivity index is 1.48. The van der Waals surface area contributed by atoms with Gasteiger partial charge in [-0.05, 0) is 61.5 Å². The summed E-state index contributed by atoms with van der Waals surface area (Å²) in [5.74, 6) is -0.224. The molecule has 0 atom stereocenters. The number of hydrogen-bond acceptors (Lipinski definition) is 7. The smallest absolute Gasteiger partial charge is 0.269 e. The minimum absolute atomic E-state index is 0.0208. The van der Waals surface area contributed by atoms with Gasteiger partial charge in [0, 0.05) is 30.9 Å². The number of hydrogen-bond donors (Lipinski definition) is 2. The first-order valence-corrected chi connectivity index (χ1v) is 11.2. The zero-order valence-electron chi connectivity index (χ0n) is 16.3. The predicted molar refractivity (Wildman–Crippen MR) is 117 cm³/mol. The Morgan fingerprint density at radius 3 is 2.29 bits per heavy atom. The van der Waals surface area contributed by atoms with Crippen molar-refractivity contribution in [2.45, 2.75) is 17.7 Å². The van der Waals surface area contributed by atoms with Crippen LogP contribution in [0.25, 0.3) is 0 Å². The summed E-state index contributed by atoms with van der Waals surface area (Å²) >= 11 is 5.08. The molecule has 1 aliphatic heterocycles. The summed E-state index contributed by atoms with van der Waals surface area (Å²) in [6.07, 6.45) is 1.72. The lowest BCUT2D eigenvalue weighted by Gasteiger charge is -2.16. The van der Waals surface area contributed by atoms with Crippen molar-refractivity contribution in [2.75, 3.05) is 25.0 Å². The van der Waals surface area contributed by atoms with Gasteiger partial charge in [-0.3, -0.25) is 20.2 Å². The summed E-state index contributed by atoms with van der Waals surface area (Å²) in [5.41, 5.74) is 0.434.